The van der Waals surface area contributed by atoms with E-state index >= 15 is 0 Å². The van der Waals surface area contributed by atoms with Gasteiger partial charge in [0.15, 0.2) is 0 Å². The number of carbonyl (C=O) groups is 1. The maximum atomic E-state index is 13.8. The standard InChI is InChI=1S/C16H10ClF2N3O3S/c17-11-3-1-2-4-15(11)26(24,25)21-16(23)13-8-22(9-20-13)14-6-5-10(18)7-12(14)19/h1-9H,(H,21,23). The third-order valence-corrected chi connectivity index (χ3v) is 5.19. The fourth-order valence-corrected chi connectivity index (χ4v) is 3.64. The molecule has 6 nitrogen and oxygen atoms in total. The molecule has 3 rings (SSSR count). The lowest BCUT2D eigenvalue weighted by Gasteiger charge is -2.07. The molecule has 1 N–H and O–H groups in total. The van der Waals surface area contributed by atoms with Crippen LogP contribution in [0.2, 0.25) is 5.02 Å². The zero-order valence-electron chi connectivity index (χ0n) is 12.9. The SMILES string of the molecule is O=C(NS(=O)(=O)c1ccccc1Cl)c1cn(-c2ccc(F)cc2F)cn1. The number of amides is 1. The summed E-state index contributed by atoms with van der Waals surface area (Å²) >= 11 is 5.83. The fourth-order valence-electron chi connectivity index (χ4n) is 2.15. The summed E-state index contributed by atoms with van der Waals surface area (Å²) in [6, 6.07) is 8.49. The molecule has 10 heteroatoms. The van der Waals surface area contributed by atoms with Crippen LogP contribution in [0.15, 0.2) is 59.9 Å². The summed E-state index contributed by atoms with van der Waals surface area (Å²) in [6.45, 7) is 0. The van der Waals surface area contributed by atoms with Crippen LogP contribution in [0.25, 0.3) is 5.69 Å². The Balaban J connectivity index is 1.86. The van der Waals surface area contributed by atoms with Gasteiger partial charge in [-0.05, 0) is 24.3 Å². The highest BCUT2D eigenvalue weighted by Gasteiger charge is 2.22. The van der Waals surface area contributed by atoms with Gasteiger partial charge in [0.05, 0.1) is 10.7 Å². The molecule has 0 atom stereocenters. The van der Waals surface area contributed by atoms with Crippen molar-refractivity contribution >= 4 is 27.5 Å². The number of carbonyl (C=O) groups excluding carboxylic acids is 1. The van der Waals surface area contributed by atoms with E-state index in [2.05, 4.69) is 4.98 Å². The van der Waals surface area contributed by atoms with E-state index in [1.54, 1.807) is 6.07 Å². The molecule has 26 heavy (non-hydrogen) atoms. The highest BCUT2D eigenvalue weighted by Crippen LogP contribution is 2.20. The van der Waals surface area contributed by atoms with Crippen LogP contribution in [-0.2, 0) is 10.0 Å². The number of hydrogen-bond donors (Lipinski definition) is 1. The van der Waals surface area contributed by atoms with Crippen molar-refractivity contribution in [1.29, 1.82) is 0 Å². The maximum Gasteiger partial charge on any atom is 0.285 e. The Bertz CT molecular complexity index is 1100. The molecular weight excluding hydrogens is 388 g/mol. The zero-order valence-corrected chi connectivity index (χ0v) is 14.4. The van der Waals surface area contributed by atoms with Crippen molar-refractivity contribution in [2.75, 3.05) is 0 Å². The number of halogens is 3. The number of rotatable bonds is 4. The van der Waals surface area contributed by atoms with E-state index in [1.165, 1.54) is 18.2 Å². The second-order valence-electron chi connectivity index (χ2n) is 5.13. The van der Waals surface area contributed by atoms with Gasteiger partial charge in [-0.1, -0.05) is 23.7 Å². The van der Waals surface area contributed by atoms with Crippen LogP contribution in [0, 0.1) is 11.6 Å². The molecule has 0 aliphatic rings. The van der Waals surface area contributed by atoms with Crippen LogP contribution < -0.4 is 4.72 Å². The molecule has 0 spiro atoms. The van der Waals surface area contributed by atoms with Crippen LogP contribution in [0.5, 0.6) is 0 Å². The first kappa shape index (κ1) is 18.0. The first-order chi connectivity index (χ1) is 12.3. The number of sulfonamides is 1. The van der Waals surface area contributed by atoms with Crippen LogP contribution in [0.1, 0.15) is 10.5 Å². The Morgan fingerprint density at radius 1 is 1.15 bits per heavy atom. The van der Waals surface area contributed by atoms with Crippen molar-refractivity contribution in [3.63, 3.8) is 0 Å². The second-order valence-corrected chi connectivity index (χ2v) is 7.18. The van der Waals surface area contributed by atoms with Crippen LogP contribution in [0.3, 0.4) is 0 Å². The highest BCUT2D eigenvalue weighted by atomic mass is 35.5. The third kappa shape index (κ3) is 3.58. The molecule has 1 heterocycles. The van der Waals surface area contributed by atoms with Crippen molar-refractivity contribution in [3.8, 4) is 5.69 Å². The Morgan fingerprint density at radius 2 is 1.88 bits per heavy atom. The van der Waals surface area contributed by atoms with Crippen molar-refractivity contribution in [3.05, 3.63) is 77.3 Å². The van der Waals surface area contributed by atoms with Gasteiger partial charge in [0, 0.05) is 12.3 Å². The molecule has 2 aromatic carbocycles. The minimum absolute atomic E-state index is 0.0492. The zero-order chi connectivity index (χ0) is 18.9. The van der Waals surface area contributed by atoms with Gasteiger partial charge in [-0.25, -0.2) is 26.9 Å². The summed E-state index contributed by atoms with van der Waals surface area (Å²) in [5.41, 5.74) is -0.323. The van der Waals surface area contributed by atoms with Gasteiger partial charge in [-0.15, -0.1) is 0 Å². The lowest BCUT2D eigenvalue weighted by Crippen LogP contribution is -2.31. The average molecular weight is 398 g/mol. The van der Waals surface area contributed by atoms with Crippen molar-refractivity contribution in [2.24, 2.45) is 0 Å². The number of benzene rings is 2. The largest absolute Gasteiger partial charge is 0.303 e. The third-order valence-electron chi connectivity index (χ3n) is 3.36. The summed E-state index contributed by atoms with van der Waals surface area (Å²) in [4.78, 5) is 15.7. The lowest BCUT2D eigenvalue weighted by atomic mass is 10.3. The normalized spacial score (nSPS) is 11.3. The fraction of sp³-hybridized carbons (Fsp3) is 0. The molecule has 0 saturated carbocycles. The molecule has 1 amide bonds. The van der Waals surface area contributed by atoms with Crippen LogP contribution >= 0.6 is 11.6 Å². The Kier molecular flexibility index (Phi) is 4.75. The Hall–Kier alpha value is -2.78. The quantitative estimate of drug-likeness (QED) is 0.734. The summed E-state index contributed by atoms with van der Waals surface area (Å²) in [5, 5.41) is -0.0493. The van der Waals surface area contributed by atoms with E-state index in [0.29, 0.717) is 6.07 Å². The molecule has 0 fully saturated rings. The molecule has 0 aliphatic carbocycles. The molecule has 0 unspecified atom stereocenters. The van der Waals surface area contributed by atoms with Gasteiger partial charge in [-0.3, -0.25) is 4.79 Å². The van der Waals surface area contributed by atoms with Crippen molar-refractivity contribution in [2.45, 2.75) is 4.90 Å². The predicted octanol–water partition coefficient (Wildman–Crippen LogP) is 2.92. The van der Waals surface area contributed by atoms with Gasteiger partial charge in [-0.2, -0.15) is 0 Å². The highest BCUT2D eigenvalue weighted by molar-refractivity contribution is 7.90. The molecule has 0 bridgehead atoms. The Morgan fingerprint density at radius 3 is 2.58 bits per heavy atom. The molecule has 0 saturated heterocycles. The maximum absolute atomic E-state index is 13.8. The minimum atomic E-state index is -4.21. The Labute approximate surface area is 152 Å². The first-order valence-electron chi connectivity index (χ1n) is 7.09. The van der Waals surface area contributed by atoms with Gasteiger partial charge >= 0.3 is 0 Å². The number of imidazole rings is 1. The van der Waals surface area contributed by atoms with E-state index in [1.807, 2.05) is 4.72 Å². The number of nitrogens with one attached hydrogen (secondary N) is 1. The number of nitrogens with zero attached hydrogens (tertiary/aromatic N) is 2. The van der Waals surface area contributed by atoms with Gasteiger partial charge in [0.1, 0.15) is 28.6 Å². The van der Waals surface area contributed by atoms with Crippen LogP contribution in [0.4, 0.5) is 8.78 Å². The molecule has 1 aromatic heterocycles. The number of hydrogen-bond acceptors (Lipinski definition) is 4. The monoisotopic (exact) mass is 397 g/mol. The molecule has 0 radical (unpaired) electrons. The summed E-state index contributed by atoms with van der Waals surface area (Å²) in [5.74, 6) is -2.64. The summed E-state index contributed by atoms with van der Waals surface area (Å²) in [7, 11) is -4.21. The van der Waals surface area contributed by atoms with Gasteiger partial charge in [0.25, 0.3) is 15.9 Å². The van der Waals surface area contributed by atoms with E-state index in [4.69, 9.17) is 11.6 Å². The minimum Gasteiger partial charge on any atom is -0.303 e. The summed E-state index contributed by atoms with van der Waals surface area (Å²) < 4.78 is 54.2. The molecule has 134 valence electrons. The lowest BCUT2D eigenvalue weighted by molar-refractivity contribution is 0.0977. The molecule has 3 aromatic rings. The first-order valence-corrected chi connectivity index (χ1v) is 8.95. The van der Waals surface area contributed by atoms with E-state index in [9.17, 15) is 22.0 Å². The van der Waals surface area contributed by atoms with E-state index in [-0.39, 0.29) is 21.3 Å². The van der Waals surface area contributed by atoms with Gasteiger partial charge in [0.2, 0.25) is 0 Å². The van der Waals surface area contributed by atoms with E-state index < -0.39 is 27.6 Å². The van der Waals surface area contributed by atoms with Crippen molar-refractivity contribution in [1.82, 2.24) is 14.3 Å². The molecule has 0 aliphatic heterocycles. The van der Waals surface area contributed by atoms with E-state index in [0.717, 1.165) is 29.2 Å². The van der Waals surface area contributed by atoms with Gasteiger partial charge < -0.3 is 4.57 Å². The smallest absolute Gasteiger partial charge is 0.285 e. The second kappa shape index (κ2) is 6.85. The van der Waals surface area contributed by atoms with Crippen LogP contribution in [-0.4, -0.2) is 23.9 Å². The topological polar surface area (TPSA) is 81.1 Å². The molecular formula is C16H10ClF2N3O3S. The number of aromatic nitrogens is 2. The predicted molar refractivity (Wildman–Crippen MR) is 89.6 cm³/mol. The van der Waals surface area contributed by atoms with Crippen molar-refractivity contribution < 1.29 is 22.0 Å². The average Bonchev–Trinajstić information content (AvgIpc) is 3.04. The summed E-state index contributed by atoms with van der Waals surface area (Å²) in [6.07, 6.45) is 2.22.